The van der Waals surface area contributed by atoms with Crippen LogP contribution in [0.5, 0.6) is 0 Å². The molecule has 1 saturated carbocycles. The van der Waals surface area contributed by atoms with E-state index >= 15 is 0 Å². The Morgan fingerprint density at radius 3 is 2.84 bits per heavy atom. The smallest absolute Gasteiger partial charge is 0.270 e. The van der Waals surface area contributed by atoms with Crippen LogP contribution in [0.4, 0.5) is 5.69 Å². The minimum absolute atomic E-state index is 0.142. The lowest BCUT2D eigenvalue weighted by Gasteiger charge is -2.09. The summed E-state index contributed by atoms with van der Waals surface area (Å²) in [5.74, 6) is 5.94. The molecule has 5 heteroatoms. The van der Waals surface area contributed by atoms with Crippen molar-refractivity contribution >= 4 is 22.5 Å². The summed E-state index contributed by atoms with van der Waals surface area (Å²) in [5, 5.41) is 3.87. The molecule has 3 rings (SSSR count). The lowest BCUT2D eigenvalue weighted by Crippen LogP contribution is -2.27. The maximum Gasteiger partial charge on any atom is 0.270 e. The lowest BCUT2D eigenvalue weighted by molar-refractivity contribution is 0.0945. The first-order valence-electron chi connectivity index (χ1n) is 6.36. The van der Waals surface area contributed by atoms with Gasteiger partial charge in [-0.3, -0.25) is 10.6 Å². The van der Waals surface area contributed by atoms with E-state index in [0.717, 1.165) is 17.3 Å². The van der Waals surface area contributed by atoms with E-state index in [1.165, 1.54) is 0 Å². The van der Waals surface area contributed by atoms with Crippen LogP contribution in [-0.2, 0) is 0 Å². The van der Waals surface area contributed by atoms with Gasteiger partial charge in [0.05, 0.1) is 11.2 Å². The van der Waals surface area contributed by atoms with Crippen molar-refractivity contribution in [1.82, 2.24) is 10.3 Å². The molecule has 0 spiro atoms. The average molecular weight is 256 g/mol. The number of rotatable bonds is 3. The number of para-hydroxylation sites is 1. The summed E-state index contributed by atoms with van der Waals surface area (Å²) in [4.78, 5) is 16.5. The maximum absolute atomic E-state index is 12.1. The predicted molar refractivity (Wildman–Crippen MR) is 74.6 cm³/mol. The number of nitrogens with two attached hydrogens (primary N) is 1. The second kappa shape index (κ2) is 4.51. The third kappa shape index (κ3) is 2.24. The number of carbonyl (C=O) groups is 1. The van der Waals surface area contributed by atoms with Gasteiger partial charge in [0, 0.05) is 11.4 Å². The van der Waals surface area contributed by atoms with Gasteiger partial charge in [0.2, 0.25) is 0 Å². The number of anilines is 1. The Balaban J connectivity index is 1.97. The van der Waals surface area contributed by atoms with Gasteiger partial charge in [-0.2, -0.15) is 0 Å². The van der Waals surface area contributed by atoms with Crippen molar-refractivity contribution < 1.29 is 4.79 Å². The van der Waals surface area contributed by atoms with Crippen LogP contribution in [-0.4, -0.2) is 16.9 Å². The standard InChI is InChI=1S/C14H16N4O/c1-8-6-11(8)17-14(19)13-7-12(18-15)9-4-2-3-5-10(9)16-13/h2-5,7-8,11H,6,15H2,1H3,(H,16,18)(H,17,19). The van der Waals surface area contributed by atoms with Crippen LogP contribution in [0.1, 0.15) is 23.8 Å². The number of benzene rings is 1. The van der Waals surface area contributed by atoms with Gasteiger partial charge >= 0.3 is 0 Å². The van der Waals surface area contributed by atoms with Crippen molar-refractivity contribution in [3.63, 3.8) is 0 Å². The first kappa shape index (κ1) is 11.9. The third-order valence-corrected chi connectivity index (χ3v) is 3.53. The van der Waals surface area contributed by atoms with Gasteiger partial charge in [-0.25, -0.2) is 4.98 Å². The molecule has 1 amide bonds. The molecule has 1 aliphatic rings. The molecule has 2 unspecified atom stereocenters. The highest BCUT2D eigenvalue weighted by Gasteiger charge is 2.34. The highest BCUT2D eigenvalue weighted by molar-refractivity contribution is 5.99. The zero-order chi connectivity index (χ0) is 13.4. The Hall–Kier alpha value is -2.14. The average Bonchev–Trinajstić information content (AvgIpc) is 3.12. The monoisotopic (exact) mass is 256 g/mol. The number of nitrogen functional groups attached to an aromatic ring is 1. The first-order valence-corrected chi connectivity index (χ1v) is 6.36. The predicted octanol–water partition coefficient (Wildman–Crippen LogP) is 1.66. The molecule has 1 aliphatic carbocycles. The van der Waals surface area contributed by atoms with E-state index in [0.29, 0.717) is 17.3 Å². The molecule has 0 aliphatic heterocycles. The van der Waals surface area contributed by atoms with Crippen LogP contribution in [0.15, 0.2) is 30.3 Å². The molecule has 4 N–H and O–H groups in total. The summed E-state index contributed by atoms with van der Waals surface area (Å²) in [6, 6.07) is 9.56. The normalized spacial score (nSPS) is 21.2. The van der Waals surface area contributed by atoms with Gasteiger partial charge in [-0.05, 0) is 24.5 Å². The number of aromatic nitrogens is 1. The van der Waals surface area contributed by atoms with Crippen LogP contribution < -0.4 is 16.6 Å². The summed E-state index contributed by atoms with van der Waals surface area (Å²) >= 11 is 0. The molecule has 0 radical (unpaired) electrons. The molecule has 0 saturated heterocycles. The molecular weight excluding hydrogens is 240 g/mol. The van der Waals surface area contributed by atoms with Crippen LogP contribution in [0, 0.1) is 5.92 Å². The van der Waals surface area contributed by atoms with E-state index in [-0.39, 0.29) is 11.9 Å². The molecule has 2 atom stereocenters. The molecule has 5 nitrogen and oxygen atoms in total. The van der Waals surface area contributed by atoms with E-state index in [1.54, 1.807) is 6.07 Å². The fourth-order valence-electron chi connectivity index (χ4n) is 2.18. The maximum atomic E-state index is 12.1. The molecule has 1 aromatic heterocycles. The Labute approximate surface area is 111 Å². The first-order chi connectivity index (χ1) is 9.19. The number of pyridine rings is 1. The van der Waals surface area contributed by atoms with Gasteiger partial charge in [0.1, 0.15) is 5.69 Å². The second-order valence-corrected chi connectivity index (χ2v) is 5.01. The molecule has 1 aromatic carbocycles. The van der Waals surface area contributed by atoms with E-state index in [2.05, 4.69) is 22.7 Å². The van der Waals surface area contributed by atoms with E-state index in [1.807, 2.05) is 24.3 Å². The molecule has 19 heavy (non-hydrogen) atoms. The number of amides is 1. The van der Waals surface area contributed by atoms with E-state index in [9.17, 15) is 4.79 Å². The largest absolute Gasteiger partial charge is 0.348 e. The molecular formula is C14H16N4O. The Bertz CT molecular complexity index is 640. The minimum Gasteiger partial charge on any atom is -0.348 e. The summed E-state index contributed by atoms with van der Waals surface area (Å²) < 4.78 is 0. The fourth-order valence-corrected chi connectivity index (χ4v) is 2.18. The number of nitrogens with zero attached hydrogens (tertiary/aromatic N) is 1. The number of hydrogen-bond donors (Lipinski definition) is 3. The molecule has 1 heterocycles. The van der Waals surface area contributed by atoms with Crippen LogP contribution in [0.25, 0.3) is 10.9 Å². The number of hydrazine groups is 1. The van der Waals surface area contributed by atoms with Gasteiger partial charge in [0.25, 0.3) is 5.91 Å². The number of carbonyl (C=O) groups excluding carboxylic acids is 1. The zero-order valence-corrected chi connectivity index (χ0v) is 10.7. The number of fused-ring (bicyclic) bond motifs is 1. The number of hydrogen-bond acceptors (Lipinski definition) is 4. The SMILES string of the molecule is CC1CC1NC(=O)c1cc(NN)c2ccccc2n1. The number of nitrogens with one attached hydrogen (secondary N) is 2. The highest BCUT2D eigenvalue weighted by Crippen LogP contribution is 2.29. The van der Waals surface area contributed by atoms with Crippen molar-refractivity contribution in [3.05, 3.63) is 36.0 Å². The quantitative estimate of drug-likeness (QED) is 0.576. The molecule has 0 bridgehead atoms. The topological polar surface area (TPSA) is 80.0 Å². The summed E-state index contributed by atoms with van der Waals surface area (Å²) in [7, 11) is 0. The van der Waals surface area contributed by atoms with Crippen molar-refractivity contribution in [3.8, 4) is 0 Å². The van der Waals surface area contributed by atoms with Gasteiger partial charge in [-0.15, -0.1) is 0 Å². The van der Waals surface area contributed by atoms with E-state index < -0.39 is 0 Å². The summed E-state index contributed by atoms with van der Waals surface area (Å²) in [6.07, 6.45) is 1.04. The summed E-state index contributed by atoms with van der Waals surface area (Å²) in [5.41, 5.74) is 4.48. The Kier molecular flexibility index (Phi) is 2.83. The Morgan fingerprint density at radius 2 is 2.16 bits per heavy atom. The Morgan fingerprint density at radius 1 is 1.42 bits per heavy atom. The molecule has 98 valence electrons. The highest BCUT2D eigenvalue weighted by atomic mass is 16.2. The van der Waals surface area contributed by atoms with Crippen LogP contribution >= 0.6 is 0 Å². The van der Waals surface area contributed by atoms with Crippen molar-refractivity contribution in [2.24, 2.45) is 11.8 Å². The summed E-state index contributed by atoms with van der Waals surface area (Å²) in [6.45, 7) is 2.12. The van der Waals surface area contributed by atoms with Crippen LogP contribution in [0.2, 0.25) is 0 Å². The van der Waals surface area contributed by atoms with Crippen molar-refractivity contribution in [2.75, 3.05) is 5.43 Å². The van der Waals surface area contributed by atoms with Crippen molar-refractivity contribution in [2.45, 2.75) is 19.4 Å². The second-order valence-electron chi connectivity index (χ2n) is 5.01. The zero-order valence-electron chi connectivity index (χ0n) is 10.7. The minimum atomic E-state index is -0.142. The van der Waals surface area contributed by atoms with Crippen molar-refractivity contribution in [1.29, 1.82) is 0 Å². The van der Waals surface area contributed by atoms with Gasteiger partial charge in [-0.1, -0.05) is 25.1 Å². The van der Waals surface area contributed by atoms with Gasteiger partial charge in [0.15, 0.2) is 0 Å². The van der Waals surface area contributed by atoms with Crippen LogP contribution in [0.3, 0.4) is 0 Å². The molecule has 2 aromatic rings. The molecule has 1 fully saturated rings. The van der Waals surface area contributed by atoms with Gasteiger partial charge < -0.3 is 10.7 Å². The third-order valence-electron chi connectivity index (χ3n) is 3.53. The lowest BCUT2D eigenvalue weighted by atomic mass is 10.1. The fraction of sp³-hybridized carbons (Fsp3) is 0.286. The van der Waals surface area contributed by atoms with E-state index in [4.69, 9.17) is 5.84 Å².